The van der Waals surface area contributed by atoms with Gasteiger partial charge >= 0.3 is 0 Å². The number of hydrogen-bond acceptors (Lipinski definition) is 2. The molecule has 10 heavy (non-hydrogen) atoms. The Morgan fingerprint density at radius 2 is 2.50 bits per heavy atom. The molecule has 1 heterocycles. The standard InChI is InChI=1S/C7H12N2O/c1-6(10)5-9-4-3-8-7(9)2/h3-4,6,10H,5H2,1-2H3/t6-/m1/s1. The van der Waals surface area contributed by atoms with Crippen molar-refractivity contribution in [3.05, 3.63) is 18.2 Å². The Balaban J connectivity index is 2.65. The molecular formula is C7H12N2O. The van der Waals surface area contributed by atoms with Crippen LogP contribution in [0.3, 0.4) is 0 Å². The molecule has 0 amide bonds. The average molecular weight is 140 g/mol. The first-order valence-corrected chi connectivity index (χ1v) is 3.36. The van der Waals surface area contributed by atoms with E-state index >= 15 is 0 Å². The van der Waals surface area contributed by atoms with Crippen molar-refractivity contribution in [3.8, 4) is 0 Å². The van der Waals surface area contributed by atoms with Gasteiger partial charge < -0.3 is 9.67 Å². The van der Waals surface area contributed by atoms with Crippen LogP contribution in [0.2, 0.25) is 0 Å². The Kier molecular flexibility index (Phi) is 2.06. The van der Waals surface area contributed by atoms with E-state index in [2.05, 4.69) is 4.98 Å². The first kappa shape index (κ1) is 7.28. The van der Waals surface area contributed by atoms with Crippen LogP contribution in [0.4, 0.5) is 0 Å². The van der Waals surface area contributed by atoms with E-state index < -0.39 is 0 Å². The minimum atomic E-state index is -0.298. The number of rotatable bonds is 2. The Bertz CT molecular complexity index is 205. The maximum atomic E-state index is 9.00. The fraction of sp³-hybridized carbons (Fsp3) is 0.571. The van der Waals surface area contributed by atoms with E-state index in [4.69, 9.17) is 5.11 Å². The van der Waals surface area contributed by atoms with E-state index in [9.17, 15) is 0 Å². The monoisotopic (exact) mass is 140 g/mol. The Hall–Kier alpha value is -0.830. The van der Waals surface area contributed by atoms with Crippen LogP contribution in [0.5, 0.6) is 0 Å². The number of nitrogens with zero attached hydrogens (tertiary/aromatic N) is 2. The van der Waals surface area contributed by atoms with Crippen molar-refractivity contribution in [3.63, 3.8) is 0 Å². The largest absolute Gasteiger partial charge is 0.392 e. The molecule has 3 heteroatoms. The van der Waals surface area contributed by atoms with Gasteiger partial charge in [0, 0.05) is 18.9 Å². The lowest BCUT2D eigenvalue weighted by molar-refractivity contribution is 0.172. The molecule has 0 radical (unpaired) electrons. The molecule has 0 aliphatic heterocycles. The summed E-state index contributed by atoms with van der Waals surface area (Å²) in [4.78, 5) is 4.02. The lowest BCUT2D eigenvalue weighted by atomic mass is 10.4. The summed E-state index contributed by atoms with van der Waals surface area (Å²) in [6.07, 6.45) is 3.30. The number of aryl methyl sites for hydroxylation is 1. The lowest BCUT2D eigenvalue weighted by Gasteiger charge is -2.05. The summed E-state index contributed by atoms with van der Waals surface area (Å²) in [5.41, 5.74) is 0. The van der Waals surface area contributed by atoms with Gasteiger partial charge in [-0.05, 0) is 13.8 Å². The summed E-state index contributed by atoms with van der Waals surface area (Å²) >= 11 is 0. The van der Waals surface area contributed by atoms with Crippen molar-refractivity contribution in [1.29, 1.82) is 0 Å². The van der Waals surface area contributed by atoms with E-state index in [-0.39, 0.29) is 6.10 Å². The Morgan fingerprint density at radius 3 is 2.90 bits per heavy atom. The molecule has 0 fully saturated rings. The van der Waals surface area contributed by atoms with Gasteiger partial charge in [0.1, 0.15) is 5.82 Å². The van der Waals surface area contributed by atoms with Crippen LogP contribution in [-0.4, -0.2) is 20.8 Å². The molecule has 0 aromatic carbocycles. The molecule has 1 N–H and O–H groups in total. The molecule has 0 aliphatic carbocycles. The predicted molar refractivity (Wildman–Crippen MR) is 38.6 cm³/mol. The summed E-state index contributed by atoms with van der Waals surface area (Å²) in [7, 11) is 0. The molecule has 0 unspecified atom stereocenters. The SMILES string of the molecule is Cc1nccn1C[C@@H](C)O. The molecule has 1 aromatic rings. The molecule has 0 aliphatic rings. The van der Waals surface area contributed by atoms with Crippen LogP contribution in [-0.2, 0) is 6.54 Å². The topological polar surface area (TPSA) is 38.0 Å². The van der Waals surface area contributed by atoms with Crippen LogP contribution in [0, 0.1) is 6.92 Å². The van der Waals surface area contributed by atoms with Gasteiger partial charge in [0.2, 0.25) is 0 Å². The number of hydrogen-bond donors (Lipinski definition) is 1. The van der Waals surface area contributed by atoms with Gasteiger partial charge in [0.05, 0.1) is 6.10 Å². The first-order valence-electron chi connectivity index (χ1n) is 3.36. The van der Waals surface area contributed by atoms with Crippen LogP contribution in [0.15, 0.2) is 12.4 Å². The highest BCUT2D eigenvalue weighted by Gasteiger charge is 1.99. The normalized spacial score (nSPS) is 13.5. The highest BCUT2D eigenvalue weighted by atomic mass is 16.3. The second-order valence-electron chi connectivity index (χ2n) is 2.48. The van der Waals surface area contributed by atoms with Crippen LogP contribution in [0.25, 0.3) is 0 Å². The minimum absolute atomic E-state index is 0.298. The van der Waals surface area contributed by atoms with Crippen LogP contribution in [0.1, 0.15) is 12.7 Å². The van der Waals surface area contributed by atoms with Gasteiger partial charge in [-0.3, -0.25) is 0 Å². The van der Waals surface area contributed by atoms with Gasteiger partial charge in [0.15, 0.2) is 0 Å². The number of aliphatic hydroxyl groups excluding tert-OH is 1. The van der Waals surface area contributed by atoms with Gasteiger partial charge in [-0.25, -0.2) is 4.98 Å². The molecule has 1 rings (SSSR count). The van der Waals surface area contributed by atoms with E-state index in [1.165, 1.54) is 0 Å². The van der Waals surface area contributed by atoms with E-state index in [1.54, 1.807) is 13.1 Å². The second kappa shape index (κ2) is 2.84. The number of imidazole rings is 1. The summed E-state index contributed by atoms with van der Waals surface area (Å²) in [6.45, 7) is 4.31. The molecule has 0 saturated carbocycles. The van der Waals surface area contributed by atoms with Crippen molar-refractivity contribution in [1.82, 2.24) is 9.55 Å². The first-order chi connectivity index (χ1) is 4.70. The maximum Gasteiger partial charge on any atom is 0.105 e. The van der Waals surface area contributed by atoms with Gasteiger partial charge in [-0.2, -0.15) is 0 Å². The fourth-order valence-electron chi connectivity index (χ4n) is 0.881. The number of aliphatic hydroxyl groups is 1. The summed E-state index contributed by atoms with van der Waals surface area (Å²) in [6, 6.07) is 0. The lowest BCUT2D eigenvalue weighted by Crippen LogP contribution is -2.11. The maximum absolute atomic E-state index is 9.00. The van der Waals surface area contributed by atoms with E-state index in [0.29, 0.717) is 6.54 Å². The third-order valence-corrected chi connectivity index (χ3v) is 1.38. The highest BCUT2D eigenvalue weighted by molar-refractivity contribution is 4.88. The Morgan fingerprint density at radius 1 is 1.80 bits per heavy atom. The molecule has 0 spiro atoms. The van der Waals surface area contributed by atoms with Gasteiger partial charge in [-0.15, -0.1) is 0 Å². The third-order valence-electron chi connectivity index (χ3n) is 1.38. The molecule has 1 atom stereocenters. The van der Waals surface area contributed by atoms with Gasteiger partial charge in [0.25, 0.3) is 0 Å². The third kappa shape index (κ3) is 1.57. The molecule has 56 valence electrons. The molecule has 3 nitrogen and oxygen atoms in total. The van der Waals surface area contributed by atoms with Crippen molar-refractivity contribution >= 4 is 0 Å². The summed E-state index contributed by atoms with van der Waals surface area (Å²) in [5.74, 6) is 0.945. The minimum Gasteiger partial charge on any atom is -0.392 e. The molecule has 0 bridgehead atoms. The quantitative estimate of drug-likeness (QED) is 0.652. The fourth-order valence-corrected chi connectivity index (χ4v) is 0.881. The van der Waals surface area contributed by atoms with E-state index in [1.807, 2.05) is 17.7 Å². The number of aromatic nitrogens is 2. The van der Waals surface area contributed by atoms with E-state index in [0.717, 1.165) is 5.82 Å². The smallest absolute Gasteiger partial charge is 0.105 e. The Labute approximate surface area is 60.3 Å². The predicted octanol–water partition coefficient (Wildman–Crippen LogP) is 0.572. The zero-order valence-electron chi connectivity index (χ0n) is 6.28. The second-order valence-corrected chi connectivity index (χ2v) is 2.48. The van der Waals surface area contributed by atoms with Crippen LogP contribution >= 0.6 is 0 Å². The van der Waals surface area contributed by atoms with Crippen molar-refractivity contribution in [2.75, 3.05) is 0 Å². The molecular weight excluding hydrogens is 128 g/mol. The average Bonchev–Trinajstić information content (AvgIpc) is 2.15. The zero-order chi connectivity index (χ0) is 7.56. The molecule has 1 aromatic heterocycles. The van der Waals surface area contributed by atoms with Crippen molar-refractivity contribution in [2.45, 2.75) is 26.5 Å². The molecule has 0 saturated heterocycles. The van der Waals surface area contributed by atoms with Crippen molar-refractivity contribution < 1.29 is 5.11 Å². The van der Waals surface area contributed by atoms with Gasteiger partial charge in [-0.1, -0.05) is 0 Å². The zero-order valence-corrected chi connectivity index (χ0v) is 6.28. The summed E-state index contributed by atoms with van der Waals surface area (Å²) in [5, 5.41) is 9.00. The summed E-state index contributed by atoms with van der Waals surface area (Å²) < 4.78 is 1.92. The van der Waals surface area contributed by atoms with Crippen molar-refractivity contribution in [2.24, 2.45) is 0 Å². The van der Waals surface area contributed by atoms with Crippen LogP contribution < -0.4 is 0 Å². The highest BCUT2D eigenvalue weighted by Crippen LogP contribution is 1.96.